The lowest BCUT2D eigenvalue weighted by Gasteiger charge is -2.17. The fourth-order valence-corrected chi connectivity index (χ4v) is 1.83. The molecule has 1 aliphatic rings. The third-order valence-corrected chi connectivity index (χ3v) is 2.50. The van der Waals surface area contributed by atoms with Crippen LogP contribution in [0.3, 0.4) is 0 Å². The van der Waals surface area contributed by atoms with Crippen LogP contribution < -0.4 is 0 Å². The molecule has 0 bridgehead atoms. The van der Waals surface area contributed by atoms with Crippen LogP contribution in [-0.2, 0) is 6.42 Å². The van der Waals surface area contributed by atoms with Crippen molar-refractivity contribution in [1.29, 1.82) is 0 Å². The summed E-state index contributed by atoms with van der Waals surface area (Å²) in [6, 6.07) is 2.14. The van der Waals surface area contributed by atoms with Crippen molar-refractivity contribution < 1.29 is 0 Å². The number of pyridine rings is 1. The number of hydrogen-bond acceptors (Lipinski definition) is 1. The summed E-state index contributed by atoms with van der Waals surface area (Å²) in [5.41, 5.74) is 4.29. The molecule has 0 amide bonds. The van der Waals surface area contributed by atoms with E-state index in [1.54, 1.807) is 0 Å². The topological polar surface area (TPSA) is 12.9 Å². The molecule has 1 nitrogen and oxygen atoms in total. The maximum absolute atomic E-state index is 4.16. The average molecular weight is 159 g/mol. The molecule has 0 saturated carbocycles. The minimum atomic E-state index is 1.22. The van der Waals surface area contributed by atoms with Gasteiger partial charge >= 0.3 is 0 Å². The molecule has 0 unspecified atom stereocenters. The van der Waals surface area contributed by atoms with Gasteiger partial charge in [-0.25, -0.2) is 0 Å². The van der Waals surface area contributed by atoms with Crippen LogP contribution in [0, 0.1) is 0 Å². The first-order chi connectivity index (χ1) is 5.92. The molecule has 12 heavy (non-hydrogen) atoms. The number of rotatable bonds is 0. The van der Waals surface area contributed by atoms with Gasteiger partial charge < -0.3 is 0 Å². The number of nitrogens with zero attached hydrogens (tertiary/aromatic N) is 1. The minimum Gasteiger partial charge on any atom is -0.264 e. The zero-order valence-corrected chi connectivity index (χ0v) is 7.38. The summed E-state index contributed by atoms with van der Waals surface area (Å²) in [7, 11) is 0. The van der Waals surface area contributed by atoms with Crippen LogP contribution >= 0.6 is 0 Å². The lowest BCUT2D eigenvalue weighted by molar-refractivity contribution is 0.817. The number of fused-ring (bicyclic) bond motifs is 1. The standard InChI is InChI=1S/C11H13N/c1-2-9-4-3-5-10-6-7-12-8-11(9)10/h2,6-8H,3-5H2,1H3/b9-2+. The predicted molar refractivity (Wildman–Crippen MR) is 50.8 cm³/mol. The molecule has 0 radical (unpaired) electrons. The minimum absolute atomic E-state index is 1.22. The first-order valence-electron chi connectivity index (χ1n) is 4.50. The molecule has 0 spiro atoms. The Morgan fingerprint density at radius 1 is 1.42 bits per heavy atom. The SMILES string of the molecule is C/C=C1\CCCc2ccncc21. The molecule has 1 aromatic rings. The fourth-order valence-electron chi connectivity index (χ4n) is 1.83. The van der Waals surface area contributed by atoms with Gasteiger partial charge in [-0.3, -0.25) is 4.98 Å². The molecule has 62 valence electrons. The summed E-state index contributed by atoms with van der Waals surface area (Å²) in [5, 5.41) is 0. The molecule has 1 aliphatic carbocycles. The molecule has 0 N–H and O–H groups in total. The molecule has 0 fully saturated rings. The Labute approximate surface area is 73.1 Å². The van der Waals surface area contributed by atoms with E-state index >= 15 is 0 Å². The van der Waals surface area contributed by atoms with E-state index in [4.69, 9.17) is 0 Å². The number of aromatic nitrogens is 1. The maximum Gasteiger partial charge on any atom is 0.0345 e. The highest BCUT2D eigenvalue weighted by molar-refractivity contribution is 5.68. The Morgan fingerprint density at radius 3 is 3.17 bits per heavy atom. The van der Waals surface area contributed by atoms with Gasteiger partial charge in [0.2, 0.25) is 0 Å². The molecule has 2 rings (SSSR count). The van der Waals surface area contributed by atoms with Crippen LogP contribution in [0.4, 0.5) is 0 Å². The number of hydrogen-bond donors (Lipinski definition) is 0. The Hall–Kier alpha value is -1.11. The Bertz CT molecular complexity index is 313. The largest absolute Gasteiger partial charge is 0.264 e. The van der Waals surface area contributed by atoms with Gasteiger partial charge in [0.15, 0.2) is 0 Å². The van der Waals surface area contributed by atoms with Crippen molar-refractivity contribution in [1.82, 2.24) is 4.98 Å². The second-order valence-corrected chi connectivity index (χ2v) is 3.20. The number of allylic oxidation sites excluding steroid dienone is 2. The second-order valence-electron chi connectivity index (χ2n) is 3.20. The van der Waals surface area contributed by atoms with Crippen molar-refractivity contribution in [3.63, 3.8) is 0 Å². The zero-order chi connectivity index (χ0) is 8.39. The summed E-state index contributed by atoms with van der Waals surface area (Å²) in [4.78, 5) is 4.16. The van der Waals surface area contributed by atoms with Crippen molar-refractivity contribution in [2.45, 2.75) is 26.2 Å². The summed E-state index contributed by atoms with van der Waals surface area (Å²) in [5.74, 6) is 0. The highest BCUT2D eigenvalue weighted by atomic mass is 14.6. The molecule has 1 heteroatoms. The Kier molecular flexibility index (Phi) is 1.94. The van der Waals surface area contributed by atoms with Gasteiger partial charge in [-0.05, 0) is 49.0 Å². The summed E-state index contributed by atoms with van der Waals surface area (Å²) >= 11 is 0. The zero-order valence-electron chi connectivity index (χ0n) is 7.38. The van der Waals surface area contributed by atoms with Crippen LogP contribution in [0.25, 0.3) is 5.57 Å². The molecular weight excluding hydrogens is 146 g/mol. The van der Waals surface area contributed by atoms with Gasteiger partial charge in [-0.2, -0.15) is 0 Å². The van der Waals surface area contributed by atoms with Gasteiger partial charge in [-0.15, -0.1) is 0 Å². The van der Waals surface area contributed by atoms with Gasteiger partial charge in [0.25, 0.3) is 0 Å². The van der Waals surface area contributed by atoms with Crippen LogP contribution in [0.5, 0.6) is 0 Å². The normalized spacial score (nSPS) is 19.2. The van der Waals surface area contributed by atoms with E-state index in [-0.39, 0.29) is 0 Å². The van der Waals surface area contributed by atoms with Gasteiger partial charge in [0.1, 0.15) is 0 Å². The van der Waals surface area contributed by atoms with E-state index < -0.39 is 0 Å². The van der Waals surface area contributed by atoms with E-state index in [0.29, 0.717) is 0 Å². The van der Waals surface area contributed by atoms with Crippen LogP contribution in [0.15, 0.2) is 24.5 Å². The van der Waals surface area contributed by atoms with Crippen LogP contribution in [-0.4, -0.2) is 4.98 Å². The third-order valence-electron chi connectivity index (χ3n) is 2.50. The van der Waals surface area contributed by atoms with Crippen LogP contribution in [0.1, 0.15) is 30.9 Å². The monoisotopic (exact) mass is 159 g/mol. The summed E-state index contributed by atoms with van der Waals surface area (Å²) in [6.07, 6.45) is 9.81. The maximum atomic E-state index is 4.16. The summed E-state index contributed by atoms with van der Waals surface area (Å²) in [6.45, 7) is 2.11. The number of aryl methyl sites for hydroxylation is 1. The first kappa shape index (κ1) is 7.53. The summed E-state index contributed by atoms with van der Waals surface area (Å²) < 4.78 is 0. The first-order valence-corrected chi connectivity index (χ1v) is 4.50. The van der Waals surface area contributed by atoms with Crippen LogP contribution in [0.2, 0.25) is 0 Å². The third kappa shape index (κ3) is 1.15. The predicted octanol–water partition coefficient (Wildman–Crippen LogP) is 2.82. The lowest BCUT2D eigenvalue weighted by Crippen LogP contribution is -2.01. The lowest BCUT2D eigenvalue weighted by atomic mass is 9.89. The molecule has 1 aromatic heterocycles. The van der Waals surface area contributed by atoms with E-state index in [9.17, 15) is 0 Å². The molecular formula is C11H13N. The van der Waals surface area contributed by atoms with Gasteiger partial charge in [0.05, 0.1) is 0 Å². The van der Waals surface area contributed by atoms with E-state index in [1.807, 2.05) is 12.4 Å². The highest BCUT2D eigenvalue weighted by Crippen LogP contribution is 2.29. The Balaban J connectivity index is 2.51. The van der Waals surface area contributed by atoms with Crippen molar-refractivity contribution >= 4 is 5.57 Å². The van der Waals surface area contributed by atoms with E-state index in [0.717, 1.165) is 0 Å². The van der Waals surface area contributed by atoms with Crippen molar-refractivity contribution in [3.8, 4) is 0 Å². The Morgan fingerprint density at radius 2 is 2.33 bits per heavy atom. The molecule has 0 aliphatic heterocycles. The highest BCUT2D eigenvalue weighted by Gasteiger charge is 2.11. The van der Waals surface area contributed by atoms with Crippen molar-refractivity contribution in [2.75, 3.05) is 0 Å². The molecule has 0 atom stereocenters. The smallest absolute Gasteiger partial charge is 0.0345 e. The van der Waals surface area contributed by atoms with E-state index in [2.05, 4.69) is 24.1 Å². The van der Waals surface area contributed by atoms with Gasteiger partial charge in [-0.1, -0.05) is 6.08 Å². The quantitative estimate of drug-likeness (QED) is 0.567. The average Bonchev–Trinajstić information content (AvgIpc) is 2.17. The van der Waals surface area contributed by atoms with Crippen molar-refractivity contribution in [2.24, 2.45) is 0 Å². The molecule has 0 aromatic carbocycles. The molecule has 0 saturated heterocycles. The van der Waals surface area contributed by atoms with Crippen molar-refractivity contribution in [3.05, 3.63) is 35.7 Å². The van der Waals surface area contributed by atoms with E-state index in [1.165, 1.54) is 36.0 Å². The molecule has 1 heterocycles. The fraction of sp³-hybridized carbons (Fsp3) is 0.364. The van der Waals surface area contributed by atoms with Gasteiger partial charge in [0, 0.05) is 12.4 Å². The second kappa shape index (κ2) is 3.10.